The van der Waals surface area contributed by atoms with Crippen LogP contribution in [0.3, 0.4) is 0 Å². The second-order valence-electron chi connectivity index (χ2n) is 10.6. The van der Waals surface area contributed by atoms with Crippen LogP contribution >= 0.6 is 11.8 Å². The molecule has 0 aliphatic heterocycles. The number of H-pyrrole nitrogens is 1. The quantitative estimate of drug-likeness (QED) is 0.182. The number of alkyl carbamates (subject to hydrolysis) is 1. The molecule has 2 aromatic carbocycles. The molecule has 0 saturated heterocycles. The van der Waals surface area contributed by atoms with E-state index in [-0.39, 0.29) is 11.9 Å². The second kappa shape index (κ2) is 13.9. The Hall–Kier alpha value is -3.98. The molecule has 40 heavy (non-hydrogen) atoms. The first-order valence-electron chi connectivity index (χ1n) is 13.4. The first kappa shape index (κ1) is 29.0. The molecule has 210 valence electrons. The molecule has 9 heteroatoms. The van der Waals surface area contributed by atoms with E-state index in [9.17, 15) is 9.59 Å². The van der Waals surface area contributed by atoms with Crippen LogP contribution in [0.1, 0.15) is 31.9 Å². The van der Waals surface area contributed by atoms with E-state index in [4.69, 9.17) is 4.74 Å². The standard InChI is InChI=1S/C31H37N5O3S/c1-31(2,3)39-30(38)36-25(16-23-19-33-27-14-8-7-13-26(23)27)20-40-21-28(35-24-11-5-4-6-12-24)29(37)34-18-22-10-9-15-32-17-22/h4-15,17,19,25,28,33,35H,16,18,20-21H2,1-3H3,(H,34,37)(H,36,38)/t25-,28-/m1/s1. The number of nitrogens with one attached hydrogen (secondary N) is 4. The number of hydrogen-bond donors (Lipinski definition) is 4. The van der Waals surface area contributed by atoms with Crippen molar-refractivity contribution < 1.29 is 14.3 Å². The molecule has 2 amide bonds. The molecule has 0 radical (unpaired) electrons. The molecular formula is C31H37N5O3S. The zero-order chi connectivity index (χ0) is 28.4. The molecule has 0 aliphatic carbocycles. The Kier molecular flexibility index (Phi) is 10.1. The molecule has 2 atom stereocenters. The number of anilines is 1. The van der Waals surface area contributed by atoms with Gasteiger partial charge in [-0.1, -0.05) is 42.5 Å². The fourth-order valence-electron chi connectivity index (χ4n) is 4.25. The van der Waals surface area contributed by atoms with Crippen molar-refractivity contribution in [2.75, 3.05) is 16.8 Å². The van der Waals surface area contributed by atoms with Gasteiger partial charge in [0.05, 0.1) is 0 Å². The number of amides is 2. The van der Waals surface area contributed by atoms with Gasteiger partial charge in [0.25, 0.3) is 0 Å². The van der Waals surface area contributed by atoms with Gasteiger partial charge in [-0.2, -0.15) is 11.8 Å². The van der Waals surface area contributed by atoms with Crippen molar-refractivity contribution in [2.45, 2.75) is 51.4 Å². The zero-order valence-electron chi connectivity index (χ0n) is 23.1. The summed E-state index contributed by atoms with van der Waals surface area (Å²) in [7, 11) is 0. The van der Waals surface area contributed by atoms with E-state index in [0.29, 0.717) is 24.5 Å². The number of pyridine rings is 1. The number of hydrogen-bond acceptors (Lipinski definition) is 6. The number of rotatable bonds is 12. The van der Waals surface area contributed by atoms with Crippen LogP contribution in [0.5, 0.6) is 0 Å². The Labute approximate surface area is 239 Å². The number of para-hydroxylation sites is 2. The average Bonchev–Trinajstić information content (AvgIpc) is 3.34. The van der Waals surface area contributed by atoms with Gasteiger partial charge in [0.1, 0.15) is 11.6 Å². The Bertz CT molecular complexity index is 1370. The number of nitrogens with zero attached hydrogens (tertiary/aromatic N) is 1. The number of fused-ring (bicyclic) bond motifs is 1. The van der Waals surface area contributed by atoms with E-state index < -0.39 is 17.7 Å². The van der Waals surface area contributed by atoms with Gasteiger partial charge in [0.2, 0.25) is 5.91 Å². The molecule has 4 N–H and O–H groups in total. The lowest BCUT2D eigenvalue weighted by Gasteiger charge is -2.24. The smallest absolute Gasteiger partial charge is 0.407 e. The lowest BCUT2D eigenvalue weighted by Crippen LogP contribution is -2.43. The third-order valence-electron chi connectivity index (χ3n) is 6.09. The van der Waals surface area contributed by atoms with E-state index in [2.05, 4.69) is 32.0 Å². The molecule has 2 aromatic heterocycles. The number of ether oxygens (including phenoxy) is 1. The largest absolute Gasteiger partial charge is 0.444 e. The zero-order valence-corrected chi connectivity index (χ0v) is 24.0. The maximum absolute atomic E-state index is 13.2. The van der Waals surface area contributed by atoms with Crippen LogP contribution in [0.4, 0.5) is 10.5 Å². The Morgan fingerprint density at radius 1 is 1.00 bits per heavy atom. The summed E-state index contributed by atoms with van der Waals surface area (Å²) in [6.07, 6.45) is 5.61. The van der Waals surface area contributed by atoms with Gasteiger partial charge < -0.3 is 25.7 Å². The normalized spacial score (nSPS) is 12.9. The fraction of sp³-hybridized carbons (Fsp3) is 0.323. The monoisotopic (exact) mass is 559 g/mol. The second-order valence-corrected chi connectivity index (χ2v) is 11.7. The van der Waals surface area contributed by atoms with Crippen LogP contribution < -0.4 is 16.0 Å². The molecule has 4 aromatic rings. The minimum absolute atomic E-state index is 0.103. The summed E-state index contributed by atoms with van der Waals surface area (Å²) in [6, 6.07) is 20.9. The first-order valence-corrected chi connectivity index (χ1v) is 14.5. The number of carbonyl (C=O) groups is 2. The summed E-state index contributed by atoms with van der Waals surface area (Å²) >= 11 is 1.61. The van der Waals surface area contributed by atoms with Gasteiger partial charge in [-0.25, -0.2) is 4.79 Å². The SMILES string of the molecule is CC(C)(C)OC(=O)N[C@@H](CSC[C@@H](Nc1ccccc1)C(=O)NCc1cccnc1)Cc1c[nH]c2ccccc12. The van der Waals surface area contributed by atoms with Crippen molar-refractivity contribution in [3.63, 3.8) is 0 Å². The topological polar surface area (TPSA) is 108 Å². The van der Waals surface area contributed by atoms with Crippen molar-refractivity contribution >= 4 is 40.4 Å². The molecule has 0 unspecified atom stereocenters. The predicted octanol–water partition coefficient (Wildman–Crippen LogP) is 5.53. The molecule has 0 aliphatic rings. The Morgan fingerprint density at radius 3 is 2.52 bits per heavy atom. The van der Waals surface area contributed by atoms with Crippen LogP contribution in [0.15, 0.2) is 85.3 Å². The maximum Gasteiger partial charge on any atom is 0.407 e. The van der Waals surface area contributed by atoms with E-state index in [1.807, 2.05) is 87.6 Å². The molecule has 2 heterocycles. The highest BCUT2D eigenvalue weighted by molar-refractivity contribution is 7.99. The Morgan fingerprint density at radius 2 is 1.77 bits per heavy atom. The lowest BCUT2D eigenvalue weighted by atomic mass is 10.1. The molecule has 0 saturated carbocycles. The van der Waals surface area contributed by atoms with Gasteiger partial charge >= 0.3 is 6.09 Å². The molecule has 0 spiro atoms. The van der Waals surface area contributed by atoms with Gasteiger partial charge in [-0.05, 0) is 62.6 Å². The van der Waals surface area contributed by atoms with E-state index in [0.717, 1.165) is 27.7 Å². The molecule has 0 fully saturated rings. The first-order chi connectivity index (χ1) is 19.3. The molecule has 4 rings (SSSR count). The van der Waals surface area contributed by atoms with Crippen molar-refractivity contribution in [3.05, 3.63) is 96.4 Å². The maximum atomic E-state index is 13.2. The Balaban J connectivity index is 1.43. The van der Waals surface area contributed by atoms with Crippen LogP contribution in [0, 0.1) is 0 Å². The van der Waals surface area contributed by atoms with Gasteiger partial charge in [0, 0.05) is 59.3 Å². The summed E-state index contributed by atoms with van der Waals surface area (Å²) < 4.78 is 5.54. The van der Waals surface area contributed by atoms with Crippen LogP contribution in [0.2, 0.25) is 0 Å². The van der Waals surface area contributed by atoms with Gasteiger partial charge in [-0.3, -0.25) is 9.78 Å². The summed E-state index contributed by atoms with van der Waals surface area (Å²) in [6.45, 7) is 5.94. The highest BCUT2D eigenvalue weighted by Gasteiger charge is 2.23. The summed E-state index contributed by atoms with van der Waals surface area (Å²) in [5.74, 6) is 1.00. The molecule has 8 nitrogen and oxygen atoms in total. The predicted molar refractivity (Wildman–Crippen MR) is 162 cm³/mol. The van der Waals surface area contributed by atoms with Crippen LogP contribution in [-0.2, 0) is 22.5 Å². The number of thioether (sulfide) groups is 1. The van der Waals surface area contributed by atoms with Crippen molar-refractivity contribution in [3.8, 4) is 0 Å². The minimum atomic E-state index is -0.598. The molecular weight excluding hydrogens is 522 g/mol. The number of benzene rings is 2. The summed E-state index contributed by atoms with van der Waals surface area (Å²) in [5.41, 5.74) is 3.37. The summed E-state index contributed by atoms with van der Waals surface area (Å²) in [5, 5.41) is 10.6. The van der Waals surface area contributed by atoms with Gasteiger partial charge in [0.15, 0.2) is 0 Å². The average molecular weight is 560 g/mol. The van der Waals surface area contributed by atoms with Crippen molar-refractivity contribution in [1.82, 2.24) is 20.6 Å². The van der Waals surface area contributed by atoms with Crippen LogP contribution in [-0.4, -0.2) is 51.2 Å². The number of aromatic nitrogens is 2. The third-order valence-corrected chi connectivity index (χ3v) is 7.29. The fourth-order valence-corrected chi connectivity index (χ4v) is 5.35. The highest BCUT2D eigenvalue weighted by atomic mass is 32.2. The highest BCUT2D eigenvalue weighted by Crippen LogP contribution is 2.21. The molecule has 0 bridgehead atoms. The van der Waals surface area contributed by atoms with Crippen LogP contribution in [0.25, 0.3) is 10.9 Å². The van der Waals surface area contributed by atoms with Gasteiger partial charge in [-0.15, -0.1) is 0 Å². The van der Waals surface area contributed by atoms with Crippen molar-refractivity contribution in [2.24, 2.45) is 0 Å². The minimum Gasteiger partial charge on any atom is -0.444 e. The number of aromatic amines is 1. The van der Waals surface area contributed by atoms with E-state index in [1.54, 1.807) is 24.2 Å². The van der Waals surface area contributed by atoms with E-state index >= 15 is 0 Å². The van der Waals surface area contributed by atoms with E-state index in [1.165, 1.54) is 0 Å². The lowest BCUT2D eigenvalue weighted by molar-refractivity contribution is -0.121. The third kappa shape index (κ3) is 9.05. The van der Waals surface area contributed by atoms with Crippen molar-refractivity contribution in [1.29, 1.82) is 0 Å². The summed E-state index contributed by atoms with van der Waals surface area (Å²) in [4.78, 5) is 33.4. The number of carbonyl (C=O) groups excluding carboxylic acids is 2.